The van der Waals surface area contributed by atoms with Crippen LogP contribution in [-0.4, -0.2) is 49.7 Å². The Balaban J connectivity index is 1.42. The molecule has 11 heteroatoms. The van der Waals surface area contributed by atoms with Crippen molar-refractivity contribution < 1.29 is 44.6 Å². The normalized spacial score (nSPS) is 11.2. The maximum Gasteiger partial charge on any atom is 0.243 e. The second-order valence-corrected chi connectivity index (χ2v) is 8.56. The van der Waals surface area contributed by atoms with Gasteiger partial charge < -0.3 is 45.1 Å². The van der Waals surface area contributed by atoms with Crippen LogP contribution in [0.25, 0.3) is 28.4 Å². The zero-order valence-electron chi connectivity index (χ0n) is 20.4. The lowest BCUT2D eigenvalue weighted by atomic mass is 10.1. The van der Waals surface area contributed by atoms with Crippen molar-refractivity contribution in [3.05, 3.63) is 70.4 Å². The van der Waals surface area contributed by atoms with E-state index in [9.17, 15) is 40.2 Å². The number of ether oxygens (including phenoxy) is 1. The SMILES string of the molecule is O=C(/C=C/c1ccc(O)c(O)c1)NCCCCOc1c(-c2ccc(O)c(O)c2)oc2cc(O)cc(O)c2c1=O. The van der Waals surface area contributed by atoms with E-state index in [1.54, 1.807) is 0 Å². The molecule has 1 heterocycles. The maximum absolute atomic E-state index is 13.2. The summed E-state index contributed by atoms with van der Waals surface area (Å²) in [6, 6.07) is 10.1. The first kappa shape index (κ1) is 26.7. The fraction of sp³-hybridized carbons (Fsp3) is 0.143. The smallest absolute Gasteiger partial charge is 0.243 e. The summed E-state index contributed by atoms with van der Waals surface area (Å²) < 4.78 is 11.5. The number of carbonyl (C=O) groups excluding carboxylic acids is 1. The number of benzene rings is 3. The fourth-order valence-electron chi connectivity index (χ4n) is 3.74. The minimum Gasteiger partial charge on any atom is -0.508 e. The number of hydrogen-bond donors (Lipinski definition) is 7. The molecule has 0 aliphatic carbocycles. The number of amides is 1. The summed E-state index contributed by atoms with van der Waals surface area (Å²) in [7, 11) is 0. The van der Waals surface area contributed by atoms with Crippen molar-refractivity contribution in [2.45, 2.75) is 12.8 Å². The maximum atomic E-state index is 13.2. The van der Waals surface area contributed by atoms with Gasteiger partial charge in [-0.2, -0.15) is 0 Å². The van der Waals surface area contributed by atoms with Gasteiger partial charge in [0.15, 0.2) is 28.8 Å². The Morgan fingerprint density at radius 2 is 1.56 bits per heavy atom. The second kappa shape index (κ2) is 11.4. The monoisotopic (exact) mass is 535 g/mol. The van der Waals surface area contributed by atoms with Crippen LogP contribution in [0.5, 0.6) is 40.2 Å². The van der Waals surface area contributed by atoms with Crippen LogP contribution in [0, 0.1) is 0 Å². The van der Waals surface area contributed by atoms with Crippen molar-refractivity contribution >= 4 is 23.0 Å². The lowest BCUT2D eigenvalue weighted by molar-refractivity contribution is -0.116. The van der Waals surface area contributed by atoms with E-state index >= 15 is 0 Å². The van der Waals surface area contributed by atoms with Crippen molar-refractivity contribution in [3.63, 3.8) is 0 Å². The molecule has 0 radical (unpaired) electrons. The average molecular weight is 536 g/mol. The van der Waals surface area contributed by atoms with E-state index in [4.69, 9.17) is 9.15 Å². The topological polar surface area (TPSA) is 190 Å². The Morgan fingerprint density at radius 1 is 0.846 bits per heavy atom. The van der Waals surface area contributed by atoms with Gasteiger partial charge in [0.2, 0.25) is 17.1 Å². The van der Waals surface area contributed by atoms with E-state index < -0.39 is 16.9 Å². The van der Waals surface area contributed by atoms with E-state index in [1.165, 1.54) is 48.6 Å². The number of rotatable bonds is 9. The highest BCUT2D eigenvalue weighted by Gasteiger charge is 2.21. The quantitative estimate of drug-likeness (QED) is 0.0945. The van der Waals surface area contributed by atoms with E-state index in [1.807, 2.05) is 0 Å². The van der Waals surface area contributed by atoms with Crippen LogP contribution in [-0.2, 0) is 4.79 Å². The third-order valence-electron chi connectivity index (χ3n) is 5.70. The van der Waals surface area contributed by atoms with E-state index in [2.05, 4.69) is 5.32 Å². The summed E-state index contributed by atoms with van der Waals surface area (Å²) in [5.41, 5.74) is -0.0640. The van der Waals surface area contributed by atoms with Crippen LogP contribution in [0.15, 0.2) is 63.8 Å². The molecule has 0 saturated heterocycles. The van der Waals surface area contributed by atoms with Gasteiger partial charge in [0.1, 0.15) is 22.5 Å². The van der Waals surface area contributed by atoms with Crippen LogP contribution in [0.4, 0.5) is 0 Å². The Morgan fingerprint density at radius 3 is 2.28 bits per heavy atom. The summed E-state index contributed by atoms with van der Waals surface area (Å²) in [5, 5.41) is 60.9. The largest absolute Gasteiger partial charge is 0.508 e. The van der Waals surface area contributed by atoms with Gasteiger partial charge in [-0.15, -0.1) is 0 Å². The van der Waals surface area contributed by atoms with Gasteiger partial charge in [-0.05, 0) is 54.8 Å². The summed E-state index contributed by atoms with van der Waals surface area (Å²) in [6.45, 7) is 0.350. The van der Waals surface area contributed by atoms with Crippen molar-refractivity contribution in [1.29, 1.82) is 0 Å². The van der Waals surface area contributed by atoms with Crippen LogP contribution < -0.4 is 15.5 Å². The highest BCUT2D eigenvalue weighted by Crippen LogP contribution is 2.38. The van der Waals surface area contributed by atoms with Gasteiger partial charge in [-0.25, -0.2) is 0 Å². The average Bonchev–Trinajstić information content (AvgIpc) is 2.88. The Bertz CT molecular complexity index is 1620. The molecule has 0 atom stereocenters. The molecule has 0 spiro atoms. The zero-order valence-corrected chi connectivity index (χ0v) is 20.4. The van der Waals surface area contributed by atoms with Gasteiger partial charge in [-0.1, -0.05) is 6.07 Å². The Labute approximate surface area is 221 Å². The van der Waals surface area contributed by atoms with Gasteiger partial charge in [-0.3, -0.25) is 9.59 Å². The molecule has 4 aromatic rings. The predicted octanol–water partition coefficient (Wildman–Crippen LogP) is 3.68. The Kier molecular flexibility index (Phi) is 7.80. The predicted molar refractivity (Wildman–Crippen MR) is 141 cm³/mol. The number of fused-ring (bicyclic) bond motifs is 1. The molecule has 0 bridgehead atoms. The first-order valence-electron chi connectivity index (χ1n) is 11.8. The van der Waals surface area contributed by atoms with Crippen molar-refractivity contribution in [1.82, 2.24) is 5.32 Å². The first-order valence-corrected chi connectivity index (χ1v) is 11.8. The molecule has 0 fully saturated rings. The number of carbonyl (C=O) groups is 1. The third-order valence-corrected chi connectivity index (χ3v) is 5.70. The molecule has 0 aliphatic heterocycles. The molecular formula is C28H25NO10. The number of phenols is 6. The molecule has 4 rings (SSSR count). The van der Waals surface area contributed by atoms with E-state index in [0.717, 1.165) is 12.1 Å². The van der Waals surface area contributed by atoms with Crippen LogP contribution in [0.3, 0.4) is 0 Å². The van der Waals surface area contributed by atoms with E-state index in [-0.39, 0.29) is 63.6 Å². The molecule has 1 aromatic heterocycles. The molecule has 3 aromatic carbocycles. The molecular weight excluding hydrogens is 510 g/mol. The number of unbranched alkanes of at least 4 members (excludes halogenated alkanes) is 1. The van der Waals surface area contributed by atoms with Gasteiger partial charge in [0.25, 0.3) is 0 Å². The highest BCUT2D eigenvalue weighted by molar-refractivity contribution is 5.91. The molecule has 39 heavy (non-hydrogen) atoms. The number of phenolic OH excluding ortho intramolecular Hbond substituents is 6. The molecule has 7 N–H and O–H groups in total. The van der Waals surface area contributed by atoms with Crippen LogP contribution >= 0.6 is 0 Å². The molecule has 11 nitrogen and oxygen atoms in total. The fourth-order valence-corrected chi connectivity index (χ4v) is 3.74. The highest BCUT2D eigenvalue weighted by atomic mass is 16.5. The number of hydrogen-bond acceptors (Lipinski definition) is 10. The summed E-state index contributed by atoms with van der Waals surface area (Å²) in [4.78, 5) is 25.2. The minimum atomic E-state index is -0.699. The summed E-state index contributed by atoms with van der Waals surface area (Å²) >= 11 is 0. The van der Waals surface area contributed by atoms with Gasteiger partial charge in [0.05, 0.1) is 6.61 Å². The van der Waals surface area contributed by atoms with Crippen LogP contribution in [0.1, 0.15) is 18.4 Å². The lowest BCUT2D eigenvalue weighted by Crippen LogP contribution is -2.22. The molecule has 1 amide bonds. The third kappa shape index (κ3) is 6.16. The van der Waals surface area contributed by atoms with Crippen molar-refractivity contribution in [2.24, 2.45) is 0 Å². The second-order valence-electron chi connectivity index (χ2n) is 8.56. The molecule has 0 saturated carbocycles. The summed E-state index contributed by atoms with van der Waals surface area (Å²) in [5.74, 6) is -2.89. The van der Waals surface area contributed by atoms with Gasteiger partial charge in [0, 0.05) is 30.3 Å². The minimum absolute atomic E-state index is 0.0463. The molecule has 0 aliphatic rings. The molecule has 202 valence electrons. The number of nitrogens with one attached hydrogen (secondary N) is 1. The van der Waals surface area contributed by atoms with E-state index in [0.29, 0.717) is 24.9 Å². The Hall–Kier alpha value is -5.32. The van der Waals surface area contributed by atoms with Crippen molar-refractivity contribution in [3.8, 4) is 51.6 Å². The zero-order chi connectivity index (χ0) is 28.1. The van der Waals surface area contributed by atoms with Crippen molar-refractivity contribution in [2.75, 3.05) is 13.2 Å². The van der Waals surface area contributed by atoms with Gasteiger partial charge >= 0.3 is 0 Å². The lowest BCUT2D eigenvalue weighted by Gasteiger charge is -2.13. The summed E-state index contributed by atoms with van der Waals surface area (Å²) in [6.07, 6.45) is 3.68. The standard InChI is InChI=1S/C28H25NO10/c30-17-13-22(35)25-23(14-17)39-27(16-5-7-19(32)21(34)12-16)28(26(25)37)38-10-2-1-9-29-24(36)8-4-15-3-6-18(31)20(33)11-15/h3-8,11-14,30-35H,1-2,9-10H2,(H,29,36)/b8-4+. The van der Waals surface area contributed by atoms with Crippen LogP contribution in [0.2, 0.25) is 0 Å². The molecule has 0 unspecified atom stereocenters. The number of aromatic hydroxyl groups is 6. The first-order chi connectivity index (χ1) is 18.6.